The Kier molecular flexibility index (Phi) is 5.65. The molecular weight excluding hydrogens is 386 g/mol. The summed E-state index contributed by atoms with van der Waals surface area (Å²) in [5, 5.41) is 9.07. The van der Waals surface area contributed by atoms with E-state index in [1.807, 2.05) is 6.92 Å². The van der Waals surface area contributed by atoms with E-state index >= 15 is 0 Å². The third kappa shape index (κ3) is 4.45. The zero-order chi connectivity index (χ0) is 21.4. The van der Waals surface area contributed by atoms with Gasteiger partial charge in [-0.2, -0.15) is 4.98 Å². The highest BCUT2D eigenvalue weighted by molar-refractivity contribution is 5.88. The van der Waals surface area contributed by atoms with Crippen LogP contribution in [0.1, 0.15) is 56.8 Å². The van der Waals surface area contributed by atoms with Crippen LogP contribution in [-0.2, 0) is 0 Å². The molecule has 164 valence electrons. The van der Waals surface area contributed by atoms with Gasteiger partial charge in [0.25, 0.3) is 5.89 Å². The van der Waals surface area contributed by atoms with E-state index < -0.39 is 0 Å². The second-order valence-corrected chi connectivity index (χ2v) is 9.59. The number of piperidine rings is 1. The summed E-state index contributed by atoms with van der Waals surface area (Å²) in [7, 11) is 0. The zero-order valence-corrected chi connectivity index (χ0v) is 18.9. The minimum absolute atomic E-state index is 0.556. The molecule has 0 radical (unpaired) electrons. The van der Waals surface area contributed by atoms with E-state index in [1.165, 1.54) is 31.2 Å². The molecule has 31 heavy (non-hydrogen) atoms. The molecule has 1 aliphatic heterocycles. The predicted octanol–water partition coefficient (Wildman–Crippen LogP) is 5.04. The van der Waals surface area contributed by atoms with Gasteiger partial charge in [0.2, 0.25) is 0 Å². The van der Waals surface area contributed by atoms with Crippen molar-refractivity contribution in [3.05, 3.63) is 35.7 Å². The van der Waals surface area contributed by atoms with Crippen LogP contribution in [0.25, 0.3) is 22.4 Å². The number of nitrogens with zero attached hydrogens (tertiary/aromatic N) is 4. The standard InChI is InChI=1S/C25H33N5O/c1-16-4-7-20(8-5-16)27-21-10-12-30(13-11-21)24-22(25-26-18(3)29-31-25)15-19-14-17(2)6-9-23(19)28-24/h6,9,14-16,20-21,27H,4-5,7-8,10-13H2,1-3H3. The molecule has 1 aromatic carbocycles. The van der Waals surface area contributed by atoms with Gasteiger partial charge >= 0.3 is 0 Å². The zero-order valence-electron chi connectivity index (χ0n) is 18.9. The summed E-state index contributed by atoms with van der Waals surface area (Å²) in [4.78, 5) is 12.0. The summed E-state index contributed by atoms with van der Waals surface area (Å²) in [5.74, 6) is 3.06. The molecule has 1 saturated heterocycles. The van der Waals surface area contributed by atoms with Crippen LogP contribution in [0.15, 0.2) is 28.8 Å². The average Bonchev–Trinajstić information content (AvgIpc) is 3.21. The molecule has 0 spiro atoms. The quantitative estimate of drug-likeness (QED) is 0.639. The first-order valence-corrected chi connectivity index (χ1v) is 11.8. The first-order chi connectivity index (χ1) is 15.0. The molecule has 1 saturated carbocycles. The molecular formula is C25H33N5O. The fraction of sp³-hybridized carbons (Fsp3) is 0.560. The van der Waals surface area contributed by atoms with Crippen molar-refractivity contribution < 1.29 is 4.52 Å². The van der Waals surface area contributed by atoms with Crippen LogP contribution in [0, 0.1) is 19.8 Å². The minimum Gasteiger partial charge on any atom is -0.356 e. The van der Waals surface area contributed by atoms with E-state index in [0.717, 1.165) is 54.1 Å². The summed E-state index contributed by atoms with van der Waals surface area (Å²) in [5.41, 5.74) is 3.17. The Morgan fingerprint density at radius 3 is 2.39 bits per heavy atom. The van der Waals surface area contributed by atoms with Gasteiger partial charge in [-0.25, -0.2) is 4.98 Å². The molecule has 0 atom stereocenters. The average molecular weight is 420 g/mol. The summed E-state index contributed by atoms with van der Waals surface area (Å²) in [6.07, 6.45) is 7.67. The van der Waals surface area contributed by atoms with Gasteiger partial charge in [0.15, 0.2) is 5.82 Å². The molecule has 2 aromatic heterocycles. The number of hydrogen-bond acceptors (Lipinski definition) is 6. The Balaban J connectivity index is 1.36. The fourth-order valence-electron chi connectivity index (χ4n) is 5.11. The number of benzene rings is 1. The molecule has 3 aromatic rings. The number of rotatable bonds is 4. The lowest BCUT2D eigenvalue weighted by Gasteiger charge is -2.37. The molecule has 1 aliphatic carbocycles. The summed E-state index contributed by atoms with van der Waals surface area (Å²) >= 11 is 0. The van der Waals surface area contributed by atoms with Gasteiger partial charge in [-0.1, -0.05) is 23.7 Å². The van der Waals surface area contributed by atoms with Crippen molar-refractivity contribution >= 4 is 16.7 Å². The Bertz CT molecular complexity index is 1050. The molecule has 0 amide bonds. The maximum absolute atomic E-state index is 5.55. The molecule has 0 bridgehead atoms. The largest absolute Gasteiger partial charge is 0.356 e. The highest BCUT2D eigenvalue weighted by Crippen LogP contribution is 2.34. The predicted molar refractivity (Wildman–Crippen MR) is 124 cm³/mol. The lowest BCUT2D eigenvalue weighted by atomic mass is 9.86. The normalized spacial score (nSPS) is 22.9. The van der Waals surface area contributed by atoms with Crippen molar-refractivity contribution in [1.82, 2.24) is 20.4 Å². The molecule has 3 heterocycles. The second-order valence-electron chi connectivity index (χ2n) is 9.59. The molecule has 5 rings (SSSR count). The Hall–Kier alpha value is -2.47. The Morgan fingerprint density at radius 1 is 0.935 bits per heavy atom. The van der Waals surface area contributed by atoms with Crippen LogP contribution in [0.5, 0.6) is 0 Å². The third-order valence-corrected chi connectivity index (χ3v) is 6.99. The number of aromatic nitrogens is 3. The lowest BCUT2D eigenvalue weighted by molar-refractivity contribution is 0.270. The summed E-state index contributed by atoms with van der Waals surface area (Å²) < 4.78 is 5.55. The topological polar surface area (TPSA) is 67.1 Å². The lowest BCUT2D eigenvalue weighted by Crippen LogP contribution is -2.47. The number of anilines is 1. The number of nitrogens with one attached hydrogen (secondary N) is 1. The van der Waals surface area contributed by atoms with E-state index in [0.29, 0.717) is 23.8 Å². The van der Waals surface area contributed by atoms with E-state index in [2.05, 4.69) is 58.5 Å². The monoisotopic (exact) mass is 419 g/mol. The Morgan fingerprint density at radius 2 is 1.68 bits per heavy atom. The van der Waals surface area contributed by atoms with E-state index in [4.69, 9.17) is 9.51 Å². The van der Waals surface area contributed by atoms with Gasteiger partial charge < -0.3 is 14.7 Å². The van der Waals surface area contributed by atoms with Crippen LogP contribution in [0.2, 0.25) is 0 Å². The smallest absolute Gasteiger partial charge is 0.261 e. The maximum Gasteiger partial charge on any atom is 0.261 e. The van der Waals surface area contributed by atoms with Gasteiger partial charge in [-0.05, 0) is 76.5 Å². The van der Waals surface area contributed by atoms with Crippen molar-refractivity contribution in [1.29, 1.82) is 0 Å². The van der Waals surface area contributed by atoms with Crippen molar-refractivity contribution in [3.8, 4) is 11.5 Å². The van der Waals surface area contributed by atoms with Crippen LogP contribution in [0.4, 0.5) is 5.82 Å². The molecule has 6 nitrogen and oxygen atoms in total. The van der Waals surface area contributed by atoms with Gasteiger partial charge in [-0.3, -0.25) is 0 Å². The molecule has 2 fully saturated rings. The number of fused-ring (bicyclic) bond motifs is 1. The molecule has 0 unspecified atom stereocenters. The SMILES string of the molecule is Cc1ccc2nc(N3CCC(NC4CCC(C)CC4)CC3)c(-c3nc(C)no3)cc2c1. The minimum atomic E-state index is 0.556. The van der Waals surface area contributed by atoms with Crippen molar-refractivity contribution in [2.24, 2.45) is 5.92 Å². The first kappa shape index (κ1) is 20.4. The summed E-state index contributed by atoms with van der Waals surface area (Å²) in [6, 6.07) is 9.86. The van der Waals surface area contributed by atoms with Gasteiger partial charge in [0.05, 0.1) is 11.1 Å². The summed E-state index contributed by atoms with van der Waals surface area (Å²) in [6.45, 7) is 8.33. The number of pyridine rings is 1. The molecule has 1 N–H and O–H groups in total. The van der Waals surface area contributed by atoms with Gasteiger partial charge in [0, 0.05) is 30.6 Å². The number of aryl methyl sites for hydroxylation is 2. The molecule has 6 heteroatoms. The third-order valence-electron chi connectivity index (χ3n) is 6.99. The van der Waals surface area contributed by atoms with Crippen LogP contribution >= 0.6 is 0 Å². The van der Waals surface area contributed by atoms with Crippen molar-refractivity contribution in [2.45, 2.75) is 71.4 Å². The van der Waals surface area contributed by atoms with Crippen molar-refractivity contribution in [3.63, 3.8) is 0 Å². The van der Waals surface area contributed by atoms with Crippen LogP contribution < -0.4 is 10.2 Å². The van der Waals surface area contributed by atoms with Gasteiger partial charge in [-0.15, -0.1) is 0 Å². The molecule has 2 aliphatic rings. The van der Waals surface area contributed by atoms with Crippen LogP contribution in [-0.4, -0.2) is 40.3 Å². The van der Waals surface area contributed by atoms with E-state index in [1.54, 1.807) is 0 Å². The van der Waals surface area contributed by atoms with E-state index in [-0.39, 0.29) is 0 Å². The first-order valence-electron chi connectivity index (χ1n) is 11.8. The highest BCUT2D eigenvalue weighted by atomic mass is 16.5. The highest BCUT2D eigenvalue weighted by Gasteiger charge is 2.27. The Labute approximate surface area is 184 Å². The fourth-order valence-corrected chi connectivity index (χ4v) is 5.11. The van der Waals surface area contributed by atoms with Gasteiger partial charge in [0.1, 0.15) is 5.82 Å². The number of hydrogen-bond donors (Lipinski definition) is 1. The van der Waals surface area contributed by atoms with Crippen molar-refractivity contribution in [2.75, 3.05) is 18.0 Å². The van der Waals surface area contributed by atoms with E-state index in [9.17, 15) is 0 Å². The van der Waals surface area contributed by atoms with Crippen LogP contribution in [0.3, 0.4) is 0 Å². The maximum atomic E-state index is 5.55. The second kappa shape index (κ2) is 8.58.